The summed E-state index contributed by atoms with van der Waals surface area (Å²) in [6.45, 7) is 7.37. The zero-order valence-corrected chi connectivity index (χ0v) is 15.6. The number of nitrogens with zero attached hydrogens (tertiary/aromatic N) is 3. The Hall–Kier alpha value is -0.630. The summed E-state index contributed by atoms with van der Waals surface area (Å²) in [6, 6.07) is 0. The van der Waals surface area contributed by atoms with Gasteiger partial charge >= 0.3 is 6.18 Å². The number of guanidine groups is 1. The van der Waals surface area contributed by atoms with Crippen molar-refractivity contribution in [2.45, 2.75) is 31.7 Å². The monoisotopic (exact) mass is 366 g/mol. The van der Waals surface area contributed by atoms with Crippen molar-refractivity contribution in [1.29, 1.82) is 0 Å². The van der Waals surface area contributed by atoms with E-state index in [9.17, 15) is 13.2 Å². The van der Waals surface area contributed by atoms with E-state index in [4.69, 9.17) is 0 Å². The second-order valence-corrected chi connectivity index (χ2v) is 8.38. The molecular weight excluding hydrogens is 337 g/mol. The van der Waals surface area contributed by atoms with Gasteiger partial charge < -0.3 is 10.2 Å². The summed E-state index contributed by atoms with van der Waals surface area (Å²) in [7, 11) is 1.78. The van der Waals surface area contributed by atoms with Crippen LogP contribution in [0.25, 0.3) is 0 Å². The zero-order chi connectivity index (χ0) is 17.7. The predicted octanol–water partition coefficient (Wildman–Crippen LogP) is 2.52. The summed E-state index contributed by atoms with van der Waals surface area (Å²) in [5.41, 5.74) is 0. The Morgan fingerprint density at radius 2 is 2.04 bits per heavy atom. The summed E-state index contributed by atoms with van der Waals surface area (Å²) in [5, 5.41) is 3.99. The first kappa shape index (κ1) is 19.7. The lowest BCUT2D eigenvalue weighted by atomic mass is 10.1. The third kappa shape index (κ3) is 6.02. The summed E-state index contributed by atoms with van der Waals surface area (Å²) < 4.78 is 37.4. The lowest BCUT2D eigenvalue weighted by Crippen LogP contribution is -2.50. The maximum Gasteiger partial charge on any atom is 0.401 e. The van der Waals surface area contributed by atoms with Gasteiger partial charge in [0.25, 0.3) is 0 Å². The maximum atomic E-state index is 12.5. The van der Waals surface area contributed by atoms with E-state index < -0.39 is 12.7 Å². The quantitative estimate of drug-likeness (QED) is 0.612. The van der Waals surface area contributed by atoms with E-state index in [-0.39, 0.29) is 5.92 Å². The van der Waals surface area contributed by atoms with Crippen LogP contribution in [0.15, 0.2) is 4.99 Å². The molecule has 2 atom stereocenters. The predicted molar refractivity (Wildman–Crippen MR) is 94.6 cm³/mol. The first-order valence-corrected chi connectivity index (χ1v) is 9.69. The van der Waals surface area contributed by atoms with Gasteiger partial charge in [0.15, 0.2) is 5.96 Å². The number of rotatable bonds is 4. The molecule has 24 heavy (non-hydrogen) atoms. The van der Waals surface area contributed by atoms with Crippen LogP contribution < -0.4 is 5.32 Å². The van der Waals surface area contributed by atoms with Gasteiger partial charge in [0, 0.05) is 44.2 Å². The van der Waals surface area contributed by atoms with E-state index in [0.717, 1.165) is 31.2 Å². The van der Waals surface area contributed by atoms with Crippen LogP contribution in [0.1, 0.15) is 20.3 Å². The molecule has 0 spiro atoms. The lowest BCUT2D eigenvalue weighted by Gasteiger charge is -2.36. The molecule has 2 saturated heterocycles. The van der Waals surface area contributed by atoms with Crippen molar-refractivity contribution < 1.29 is 13.2 Å². The smallest absolute Gasteiger partial charge is 0.356 e. The van der Waals surface area contributed by atoms with E-state index in [2.05, 4.69) is 29.1 Å². The number of hydrogen-bond donors (Lipinski definition) is 1. The van der Waals surface area contributed by atoms with Crippen LogP contribution in [0.2, 0.25) is 0 Å². The first-order chi connectivity index (χ1) is 11.3. The van der Waals surface area contributed by atoms with Crippen LogP contribution in [-0.2, 0) is 0 Å². The largest absolute Gasteiger partial charge is 0.401 e. The number of thioether (sulfide) groups is 1. The van der Waals surface area contributed by atoms with Crippen LogP contribution in [0.3, 0.4) is 0 Å². The molecule has 0 aromatic rings. The van der Waals surface area contributed by atoms with Gasteiger partial charge in [-0.1, -0.05) is 13.8 Å². The van der Waals surface area contributed by atoms with Crippen LogP contribution in [0.5, 0.6) is 0 Å². The highest BCUT2D eigenvalue weighted by Crippen LogP contribution is 2.25. The van der Waals surface area contributed by atoms with Crippen molar-refractivity contribution in [3.05, 3.63) is 0 Å². The fourth-order valence-corrected chi connectivity index (χ4v) is 4.61. The van der Waals surface area contributed by atoms with Crippen LogP contribution in [0.4, 0.5) is 13.2 Å². The third-order valence-corrected chi connectivity index (χ3v) is 6.21. The number of hydrogen-bond acceptors (Lipinski definition) is 3. The molecule has 0 radical (unpaired) electrons. The minimum Gasteiger partial charge on any atom is -0.356 e. The number of alkyl halides is 3. The fourth-order valence-electron chi connectivity index (χ4n) is 3.32. The van der Waals surface area contributed by atoms with E-state index in [1.165, 1.54) is 4.90 Å². The van der Waals surface area contributed by atoms with E-state index in [0.29, 0.717) is 30.8 Å². The van der Waals surface area contributed by atoms with E-state index in [1.54, 1.807) is 7.05 Å². The molecule has 1 N–H and O–H groups in total. The summed E-state index contributed by atoms with van der Waals surface area (Å²) in [6.07, 6.45) is -3.29. The van der Waals surface area contributed by atoms with Crippen molar-refractivity contribution in [3.63, 3.8) is 0 Å². The number of halogens is 3. The van der Waals surface area contributed by atoms with Crippen molar-refractivity contribution in [1.82, 2.24) is 15.1 Å². The van der Waals surface area contributed by atoms with Gasteiger partial charge in [-0.2, -0.15) is 24.9 Å². The molecule has 0 aliphatic carbocycles. The van der Waals surface area contributed by atoms with Crippen LogP contribution >= 0.6 is 11.8 Å². The summed E-state index contributed by atoms with van der Waals surface area (Å²) >= 11 is 2.01. The Bertz CT molecular complexity index is 428. The molecule has 2 unspecified atom stereocenters. The molecule has 0 aromatic heterocycles. The maximum absolute atomic E-state index is 12.5. The first-order valence-electron chi connectivity index (χ1n) is 8.65. The average molecular weight is 366 g/mol. The van der Waals surface area contributed by atoms with Crippen LogP contribution in [-0.4, -0.2) is 79.3 Å². The fraction of sp³-hybridized carbons (Fsp3) is 0.938. The van der Waals surface area contributed by atoms with Gasteiger partial charge in [-0.3, -0.25) is 9.89 Å². The Kier molecular flexibility index (Phi) is 7.10. The SMILES string of the molecule is CN=C(NCC1CCN(CC(F)(F)F)C1)N1CCSC(C(C)C)C1. The standard InChI is InChI=1S/C16H29F3N4S/c1-12(2)14-10-23(6-7-24-14)15(20-3)21-8-13-4-5-22(9-13)11-16(17,18)19/h12-14H,4-11H2,1-3H3,(H,20,21). The van der Waals surface area contributed by atoms with Crippen molar-refractivity contribution >= 4 is 17.7 Å². The van der Waals surface area contributed by atoms with Gasteiger partial charge in [0.1, 0.15) is 0 Å². The molecule has 140 valence electrons. The zero-order valence-electron chi connectivity index (χ0n) is 14.8. The number of nitrogens with one attached hydrogen (secondary N) is 1. The minimum absolute atomic E-state index is 0.254. The molecule has 0 saturated carbocycles. The average Bonchev–Trinajstić information content (AvgIpc) is 2.93. The molecular formula is C16H29F3N4S. The van der Waals surface area contributed by atoms with Crippen LogP contribution in [0, 0.1) is 11.8 Å². The Balaban J connectivity index is 1.78. The van der Waals surface area contributed by atoms with Gasteiger partial charge in [-0.05, 0) is 24.8 Å². The Morgan fingerprint density at radius 3 is 2.67 bits per heavy atom. The summed E-state index contributed by atoms with van der Waals surface area (Å²) in [5.74, 6) is 2.85. The molecule has 2 aliphatic heterocycles. The molecule has 2 rings (SSSR count). The van der Waals surface area contributed by atoms with Crippen molar-refractivity contribution in [2.75, 3.05) is 52.1 Å². The Morgan fingerprint density at radius 1 is 1.29 bits per heavy atom. The normalized spacial score (nSPS) is 27.1. The van der Waals surface area contributed by atoms with Gasteiger partial charge in [0.05, 0.1) is 6.54 Å². The molecule has 0 amide bonds. The minimum atomic E-state index is -4.10. The second kappa shape index (κ2) is 8.65. The van der Waals surface area contributed by atoms with Crippen molar-refractivity contribution in [3.8, 4) is 0 Å². The molecule has 0 aromatic carbocycles. The second-order valence-electron chi connectivity index (χ2n) is 7.03. The van der Waals surface area contributed by atoms with Gasteiger partial charge in [-0.25, -0.2) is 0 Å². The van der Waals surface area contributed by atoms with E-state index in [1.807, 2.05) is 11.8 Å². The van der Waals surface area contributed by atoms with Crippen molar-refractivity contribution in [2.24, 2.45) is 16.8 Å². The highest BCUT2D eigenvalue weighted by Gasteiger charge is 2.34. The lowest BCUT2D eigenvalue weighted by molar-refractivity contribution is -0.143. The van der Waals surface area contributed by atoms with E-state index >= 15 is 0 Å². The molecule has 0 bridgehead atoms. The molecule has 2 aliphatic rings. The Labute approximate surface area is 147 Å². The highest BCUT2D eigenvalue weighted by atomic mass is 32.2. The van der Waals surface area contributed by atoms with Gasteiger partial charge in [0.2, 0.25) is 0 Å². The third-order valence-electron chi connectivity index (χ3n) is 4.67. The van der Waals surface area contributed by atoms with Gasteiger partial charge in [-0.15, -0.1) is 0 Å². The molecule has 4 nitrogen and oxygen atoms in total. The highest BCUT2D eigenvalue weighted by molar-refractivity contribution is 8.00. The molecule has 8 heteroatoms. The summed E-state index contributed by atoms with van der Waals surface area (Å²) in [4.78, 5) is 8.16. The molecule has 2 heterocycles. The number of likely N-dealkylation sites (tertiary alicyclic amines) is 1. The number of aliphatic imine (C=N–C) groups is 1. The topological polar surface area (TPSA) is 30.9 Å². The molecule has 2 fully saturated rings.